The van der Waals surface area contributed by atoms with E-state index < -0.39 is 18.5 Å². The van der Waals surface area contributed by atoms with Gasteiger partial charge in [0, 0.05) is 6.04 Å². The quantitative estimate of drug-likeness (QED) is 0.565. The summed E-state index contributed by atoms with van der Waals surface area (Å²) in [4.78, 5) is 35.1. The molecule has 9 nitrogen and oxygen atoms in total. The van der Waals surface area contributed by atoms with E-state index in [2.05, 4.69) is 10.6 Å². The van der Waals surface area contributed by atoms with Crippen LogP contribution in [0.2, 0.25) is 0 Å². The summed E-state index contributed by atoms with van der Waals surface area (Å²) < 4.78 is 20.6. The number of hydrogen-bond acceptors (Lipinski definition) is 7. The molecule has 0 fully saturated rings. The van der Waals surface area contributed by atoms with Gasteiger partial charge in [0.2, 0.25) is 11.7 Å². The number of carbonyl (C=O) groups excluding carboxylic acids is 3. The van der Waals surface area contributed by atoms with Gasteiger partial charge in [-0.15, -0.1) is 0 Å². The molecule has 0 aliphatic heterocycles. The first-order valence-corrected chi connectivity index (χ1v) is 8.31. The van der Waals surface area contributed by atoms with E-state index in [-0.39, 0.29) is 24.9 Å². The van der Waals surface area contributed by atoms with Gasteiger partial charge in [-0.2, -0.15) is 0 Å². The third kappa shape index (κ3) is 7.43. The first-order chi connectivity index (χ1) is 12.8. The molecule has 0 atom stereocenters. The van der Waals surface area contributed by atoms with Gasteiger partial charge in [-0.3, -0.25) is 14.4 Å². The van der Waals surface area contributed by atoms with Crippen molar-refractivity contribution in [1.82, 2.24) is 10.6 Å². The number of benzene rings is 1. The molecule has 0 saturated heterocycles. The lowest BCUT2D eigenvalue weighted by atomic mass is 10.1. The molecule has 0 heterocycles. The number of nitrogens with one attached hydrogen (secondary N) is 2. The molecule has 0 aromatic heterocycles. The van der Waals surface area contributed by atoms with Crippen LogP contribution in [0.1, 0.15) is 19.4 Å². The van der Waals surface area contributed by atoms with Gasteiger partial charge in [0.05, 0.1) is 34.3 Å². The van der Waals surface area contributed by atoms with Crippen molar-refractivity contribution < 1.29 is 33.3 Å². The molecule has 2 amide bonds. The largest absolute Gasteiger partial charge is 0.493 e. The normalized spacial score (nSPS) is 10.1. The highest BCUT2D eigenvalue weighted by molar-refractivity contribution is 5.86. The molecule has 2 N–H and O–H groups in total. The third-order valence-electron chi connectivity index (χ3n) is 3.33. The second-order valence-corrected chi connectivity index (χ2v) is 5.87. The Kier molecular flexibility index (Phi) is 8.91. The minimum Gasteiger partial charge on any atom is -0.493 e. The summed E-state index contributed by atoms with van der Waals surface area (Å²) in [6, 6.07) is 3.23. The van der Waals surface area contributed by atoms with Crippen LogP contribution in [0.15, 0.2) is 12.1 Å². The number of rotatable bonds is 10. The molecule has 0 radical (unpaired) electrons. The van der Waals surface area contributed by atoms with E-state index in [0.29, 0.717) is 22.8 Å². The van der Waals surface area contributed by atoms with E-state index in [9.17, 15) is 14.4 Å². The van der Waals surface area contributed by atoms with E-state index >= 15 is 0 Å². The maximum Gasteiger partial charge on any atom is 0.310 e. The van der Waals surface area contributed by atoms with Gasteiger partial charge >= 0.3 is 5.97 Å². The summed E-state index contributed by atoms with van der Waals surface area (Å²) in [6.07, 6.45) is -0.0855. The Balaban J connectivity index is 2.55. The fourth-order valence-electron chi connectivity index (χ4n) is 2.20. The van der Waals surface area contributed by atoms with E-state index in [0.717, 1.165) is 0 Å². The van der Waals surface area contributed by atoms with Crippen LogP contribution in [0.4, 0.5) is 0 Å². The fraction of sp³-hybridized carbons (Fsp3) is 0.500. The first kappa shape index (κ1) is 22.1. The number of amides is 2. The summed E-state index contributed by atoms with van der Waals surface area (Å²) in [5.74, 6) is -0.251. The van der Waals surface area contributed by atoms with Crippen LogP contribution in [0.25, 0.3) is 0 Å². The predicted molar refractivity (Wildman–Crippen MR) is 97.0 cm³/mol. The smallest absolute Gasteiger partial charge is 0.310 e. The van der Waals surface area contributed by atoms with Gasteiger partial charge in [-0.1, -0.05) is 0 Å². The van der Waals surface area contributed by atoms with Crippen molar-refractivity contribution >= 4 is 17.8 Å². The van der Waals surface area contributed by atoms with Crippen LogP contribution in [0.5, 0.6) is 17.2 Å². The average molecular weight is 382 g/mol. The SMILES string of the molecule is COc1cc(CC(=O)OCC(=O)NCC(=O)NC(C)C)cc(OC)c1OC. The maximum absolute atomic E-state index is 12.0. The van der Waals surface area contributed by atoms with Crippen molar-refractivity contribution in [2.75, 3.05) is 34.5 Å². The van der Waals surface area contributed by atoms with Gasteiger partial charge < -0.3 is 29.6 Å². The molecule has 0 bridgehead atoms. The average Bonchev–Trinajstić information content (AvgIpc) is 2.63. The van der Waals surface area contributed by atoms with Crippen LogP contribution in [-0.4, -0.2) is 58.3 Å². The predicted octanol–water partition coefficient (Wildman–Crippen LogP) is 0.439. The molecule has 150 valence electrons. The Bertz CT molecular complexity index is 649. The molecule has 0 aliphatic rings. The van der Waals surface area contributed by atoms with Gasteiger partial charge in [0.1, 0.15) is 0 Å². The number of carbonyl (C=O) groups is 3. The highest BCUT2D eigenvalue weighted by Crippen LogP contribution is 2.38. The number of methoxy groups -OCH3 is 3. The summed E-state index contributed by atoms with van der Waals surface area (Å²) in [7, 11) is 4.42. The van der Waals surface area contributed by atoms with Crippen LogP contribution in [0.3, 0.4) is 0 Å². The lowest BCUT2D eigenvalue weighted by molar-refractivity contribution is -0.147. The van der Waals surface area contributed by atoms with Crippen LogP contribution >= 0.6 is 0 Å². The molecule has 0 aliphatic carbocycles. The maximum atomic E-state index is 12.0. The molecule has 27 heavy (non-hydrogen) atoms. The zero-order chi connectivity index (χ0) is 20.4. The summed E-state index contributed by atoms with van der Waals surface area (Å²) in [5, 5.41) is 5.01. The minimum atomic E-state index is -0.606. The van der Waals surface area contributed by atoms with E-state index in [1.807, 2.05) is 13.8 Å². The Morgan fingerprint density at radius 3 is 2.04 bits per heavy atom. The second kappa shape index (κ2) is 10.9. The Hall–Kier alpha value is -2.97. The molecular formula is C18H26N2O7. The van der Waals surface area contributed by atoms with Gasteiger partial charge in [-0.05, 0) is 31.5 Å². The van der Waals surface area contributed by atoms with E-state index in [1.165, 1.54) is 21.3 Å². The fourth-order valence-corrected chi connectivity index (χ4v) is 2.20. The zero-order valence-corrected chi connectivity index (χ0v) is 16.2. The molecule has 9 heteroatoms. The van der Waals surface area contributed by atoms with Crippen molar-refractivity contribution in [3.63, 3.8) is 0 Å². The van der Waals surface area contributed by atoms with Gasteiger partial charge in [-0.25, -0.2) is 0 Å². The van der Waals surface area contributed by atoms with E-state index in [4.69, 9.17) is 18.9 Å². The first-order valence-electron chi connectivity index (χ1n) is 8.31. The van der Waals surface area contributed by atoms with Crippen LogP contribution in [-0.2, 0) is 25.5 Å². The van der Waals surface area contributed by atoms with Crippen LogP contribution in [0, 0.1) is 0 Å². The summed E-state index contributed by atoms with van der Waals surface area (Å²) in [6.45, 7) is 2.97. The van der Waals surface area contributed by atoms with Crippen LogP contribution < -0.4 is 24.8 Å². The molecule has 1 aromatic rings. The van der Waals surface area contributed by atoms with Crippen molar-refractivity contribution in [2.24, 2.45) is 0 Å². The Morgan fingerprint density at radius 1 is 0.963 bits per heavy atom. The van der Waals surface area contributed by atoms with Crippen molar-refractivity contribution in [3.05, 3.63) is 17.7 Å². The second-order valence-electron chi connectivity index (χ2n) is 5.87. The van der Waals surface area contributed by atoms with Gasteiger partial charge in [0.25, 0.3) is 5.91 Å². The number of hydrogen-bond donors (Lipinski definition) is 2. The monoisotopic (exact) mass is 382 g/mol. The Labute approximate surface area is 158 Å². The molecular weight excluding hydrogens is 356 g/mol. The van der Waals surface area contributed by atoms with Crippen molar-refractivity contribution in [1.29, 1.82) is 0 Å². The van der Waals surface area contributed by atoms with Crippen molar-refractivity contribution in [2.45, 2.75) is 26.3 Å². The molecule has 1 aromatic carbocycles. The molecule has 0 unspecified atom stereocenters. The Morgan fingerprint density at radius 2 is 1.56 bits per heavy atom. The minimum absolute atomic E-state index is 0.0225. The lowest BCUT2D eigenvalue weighted by Crippen LogP contribution is -2.41. The summed E-state index contributed by atoms with van der Waals surface area (Å²) >= 11 is 0. The number of esters is 1. The van der Waals surface area contributed by atoms with E-state index in [1.54, 1.807) is 12.1 Å². The molecule has 0 saturated carbocycles. The highest BCUT2D eigenvalue weighted by atomic mass is 16.5. The highest BCUT2D eigenvalue weighted by Gasteiger charge is 2.16. The third-order valence-corrected chi connectivity index (χ3v) is 3.33. The van der Waals surface area contributed by atoms with Crippen molar-refractivity contribution in [3.8, 4) is 17.2 Å². The topological polar surface area (TPSA) is 112 Å². The molecule has 1 rings (SSSR count). The number of ether oxygens (including phenoxy) is 4. The summed E-state index contributed by atoms with van der Waals surface area (Å²) in [5.41, 5.74) is 0.575. The lowest BCUT2D eigenvalue weighted by Gasteiger charge is -2.14. The van der Waals surface area contributed by atoms with Gasteiger partial charge in [0.15, 0.2) is 18.1 Å². The molecule has 0 spiro atoms. The zero-order valence-electron chi connectivity index (χ0n) is 16.2. The standard InChI is InChI=1S/C18H26N2O7/c1-11(2)20-15(21)9-19-16(22)10-27-17(23)8-12-6-13(24-3)18(26-5)14(7-12)25-4/h6-7,11H,8-10H2,1-5H3,(H,19,22)(H,20,21).